The molecule has 1 unspecified atom stereocenters. The van der Waals surface area contributed by atoms with E-state index in [1.807, 2.05) is 39.0 Å². The van der Waals surface area contributed by atoms with E-state index in [4.69, 9.17) is 0 Å². The Hall–Kier alpha value is -1.84. The maximum atomic E-state index is 12.3. The van der Waals surface area contributed by atoms with Crippen LogP contribution in [0.2, 0.25) is 0 Å². The van der Waals surface area contributed by atoms with Crippen molar-refractivity contribution in [2.45, 2.75) is 59.4 Å². The fourth-order valence-corrected chi connectivity index (χ4v) is 2.42. The number of hydrogen-bond donors (Lipinski definition) is 2. The van der Waals surface area contributed by atoms with Gasteiger partial charge in [0.15, 0.2) is 0 Å². The van der Waals surface area contributed by atoms with Crippen molar-refractivity contribution < 1.29 is 9.59 Å². The highest BCUT2D eigenvalue weighted by atomic mass is 16.2. The number of carbonyl (C=O) groups is 2. The van der Waals surface area contributed by atoms with Gasteiger partial charge in [-0.25, -0.2) is 0 Å². The summed E-state index contributed by atoms with van der Waals surface area (Å²) in [5.41, 5.74) is 1.62. The molecule has 4 heteroatoms. The molecule has 128 valence electrons. The second-order valence-electron chi connectivity index (χ2n) is 6.42. The van der Waals surface area contributed by atoms with Gasteiger partial charge in [0, 0.05) is 12.1 Å². The Bertz CT molecular complexity index is 512. The van der Waals surface area contributed by atoms with Gasteiger partial charge in [-0.3, -0.25) is 9.59 Å². The van der Waals surface area contributed by atoms with Gasteiger partial charge >= 0.3 is 0 Å². The van der Waals surface area contributed by atoms with E-state index < -0.39 is 6.04 Å². The summed E-state index contributed by atoms with van der Waals surface area (Å²) in [5.74, 6) is -0.259. The SMILES string of the molecule is CCCCCCNC(=O)C(NC(=O)c1cccc(C)c1)C(C)C. The number of hydrogen-bond acceptors (Lipinski definition) is 2. The average molecular weight is 318 g/mol. The van der Waals surface area contributed by atoms with Gasteiger partial charge in [-0.15, -0.1) is 0 Å². The molecule has 1 rings (SSSR count). The van der Waals surface area contributed by atoms with E-state index in [1.54, 1.807) is 6.07 Å². The number of unbranched alkanes of at least 4 members (excludes halogenated alkanes) is 3. The maximum absolute atomic E-state index is 12.3. The van der Waals surface area contributed by atoms with Crippen molar-refractivity contribution in [3.63, 3.8) is 0 Å². The number of benzene rings is 1. The molecule has 0 saturated heterocycles. The van der Waals surface area contributed by atoms with Crippen LogP contribution in [0, 0.1) is 12.8 Å². The van der Waals surface area contributed by atoms with Crippen molar-refractivity contribution in [2.24, 2.45) is 5.92 Å². The van der Waals surface area contributed by atoms with E-state index in [0.29, 0.717) is 12.1 Å². The minimum atomic E-state index is -0.505. The molecular formula is C19H30N2O2. The van der Waals surface area contributed by atoms with Crippen LogP contribution in [0.3, 0.4) is 0 Å². The van der Waals surface area contributed by atoms with Crippen molar-refractivity contribution in [3.05, 3.63) is 35.4 Å². The molecule has 23 heavy (non-hydrogen) atoms. The highest BCUT2D eigenvalue weighted by molar-refractivity contribution is 5.97. The molecular weight excluding hydrogens is 288 g/mol. The Balaban J connectivity index is 2.57. The molecule has 0 heterocycles. The second-order valence-corrected chi connectivity index (χ2v) is 6.42. The van der Waals surface area contributed by atoms with Gasteiger partial charge in [-0.05, 0) is 31.4 Å². The highest BCUT2D eigenvalue weighted by Gasteiger charge is 2.24. The molecule has 4 nitrogen and oxygen atoms in total. The summed E-state index contributed by atoms with van der Waals surface area (Å²) in [5, 5.41) is 5.80. The first-order chi connectivity index (χ1) is 11.0. The predicted molar refractivity (Wildman–Crippen MR) is 94.4 cm³/mol. The van der Waals surface area contributed by atoms with Gasteiger partial charge < -0.3 is 10.6 Å². The summed E-state index contributed by atoms with van der Waals surface area (Å²) in [6.45, 7) is 8.66. The lowest BCUT2D eigenvalue weighted by atomic mass is 10.0. The fourth-order valence-electron chi connectivity index (χ4n) is 2.42. The number of carbonyl (C=O) groups excluding carboxylic acids is 2. The fraction of sp³-hybridized carbons (Fsp3) is 0.579. The van der Waals surface area contributed by atoms with Crippen molar-refractivity contribution in [2.75, 3.05) is 6.54 Å². The Morgan fingerprint density at radius 2 is 1.87 bits per heavy atom. The Morgan fingerprint density at radius 1 is 1.13 bits per heavy atom. The van der Waals surface area contributed by atoms with Crippen LogP contribution < -0.4 is 10.6 Å². The summed E-state index contributed by atoms with van der Waals surface area (Å²) in [4.78, 5) is 24.7. The van der Waals surface area contributed by atoms with E-state index in [0.717, 1.165) is 18.4 Å². The second kappa shape index (κ2) is 10.0. The third-order valence-electron chi connectivity index (χ3n) is 3.85. The first-order valence-electron chi connectivity index (χ1n) is 8.61. The van der Waals surface area contributed by atoms with Gasteiger partial charge in [0.2, 0.25) is 5.91 Å². The first kappa shape index (κ1) is 19.2. The molecule has 1 atom stereocenters. The van der Waals surface area contributed by atoms with Crippen molar-refractivity contribution in [1.29, 1.82) is 0 Å². The van der Waals surface area contributed by atoms with E-state index in [-0.39, 0.29) is 17.7 Å². The van der Waals surface area contributed by atoms with Gasteiger partial charge in [-0.2, -0.15) is 0 Å². The number of rotatable bonds is 9. The van der Waals surface area contributed by atoms with Crippen LogP contribution in [0.4, 0.5) is 0 Å². The molecule has 2 N–H and O–H groups in total. The molecule has 0 aliphatic heterocycles. The molecule has 0 aromatic heterocycles. The van der Waals surface area contributed by atoms with Crippen LogP contribution in [-0.2, 0) is 4.79 Å². The number of amides is 2. The summed E-state index contributed by atoms with van der Waals surface area (Å²) in [6.07, 6.45) is 4.47. The quantitative estimate of drug-likeness (QED) is 0.685. The Labute approximate surface area is 140 Å². The lowest BCUT2D eigenvalue weighted by Crippen LogP contribution is -2.49. The topological polar surface area (TPSA) is 58.2 Å². The molecule has 2 amide bonds. The van der Waals surface area contributed by atoms with Crippen molar-refractivity contribution in [1.82, 2.24) is 10.6 Å². The Kier molecular flexibility index (Phi) is 8.38. The molecule has 0 aliphatic rings. The minimum absolute atomic E-state index is 0.0411. The summed E-state index contributed by atoms with van der Waals surface area (Å²) in [7, 11) is 0. The highest BCUT2D eigenvalue weighted by Crippen LogP contribution is 2.07. The van der Waals surface area contributed by atoms with Crippen LogP contribution in [0.1, 0.15) is 62.4 Å². The van der Waals surface area contributed by atoms with E-state index >= 15 is 0 Å². The molecule has 0 bridgehead atoms. The molecule has 0 saturated carbocycles. The lowest BCUT2D eigenvalue weighted by Gasteiger charge is -2.22. The zero-order chi connectivity index (χ0) is 17.2. The van der Waals surface area contributed by atoms with Crippen LogP contribution in [0.25, 0.3) is 0 Å². The van der Waals surface area contributed by atoms with Gasteiger partial charge in [0.05, 0.1) is 0 Å². The van der Waals surface area contributed by atoms with Crippen LogP contribution in [-0.4, -0.2) is 24.4 Å². The van der Waals surface area contributed by atoms with E-state index in [2.05, 4.69) is 17.6 Å². The number of nitrogens with one attached hydrogen (secondary N) is 2. The number of aryl methyl sites for hydroxylation is 1. The van der Waals surface area contributed by atoms with Gasteiger partial charge in [0.1, 0.15) is 6.04 Å². The molecule has 0 radical (unpaired) electrons. The molecule has 1 aromatic rings. The van der Waals surface area contributed by atoms with Crippen LogP contribution in [0.5, 0.6) is 0 Å². The first-order valence-corrected chi connectivity index (χ1v) is 8.61. The zero-order valence-corrected chi connectivity index (χ0v) is 14.8. The van der Waals surface area contributed by atoms with Crippen molar-refractivity contribution in [3.8, 4) is 0 Å². The summed E-state index contributed by atoms with van der Waals surface area (Å²) >= 11 is 0. The lowest BCUT2D eigenvalue weighted by molar-refractivity contribution is -0.123. The van der Waals surface area contributed by atoms with E-state index in [1.165, 1.54) is 12.8 Å². The monoisotopic (exact) mass is 318 g/mol. The third kappa shape index (κ3) is 6.85. The van der Waals surface area contributed by atoms with Crippen LogP contribution >= 0.6 is 0 Å². The Morgan fingerprint density at radius 3 is 2.48 bits per heavy atom. The minimum Gasteiger partial charge on any atom is -0.354 e. The van der Waals surface area contributed by atoms with Gasteiger partial charge in [-0.1, -0.05) is 57.7 Å². The summed E-state index contributed by atoms with van der Waals surface area (Å²) in [6, 6.07) is 6.88. The predicted octanol–water partition coefficient (Wildman–Crippen LogP) is 3.45. The molecule has 0 fully saturated rings. The molecule has 0 spiro atoms. The smallest absolute Gasteiger partial charge is 0.251 e. The largest absolute Gasteiger partial charge is 0.354 e. The maximum Gasteiger partial charge on any atom is 0.251 e. The van der Waals surface area contributed by atoms with E-state index in [9.17, 15) is 9.59 Å². The third-order valence-corrected chi connectivity index (χ3v) is 3.85. The normalized spacial score (nSPS) is 12.0. The van der Waals surface area contributed by atoms with Gasteiger partial charge in [0.25, 0.3) is 5.91 Å². The van der Waals surface area contributed by atoms with Crippen LogP contribution in [0.15, 0.2) is 24.3 Å². The summed E-state index contributed by atoms with van der Waals surface area (Å²) < 4.78 is 0. The standard InChI is InChI=1S/C19H30N2O2/c1-5-6-7-8-12-20-19(23)17(14(2)3)21-18(22)16-11-9-10-15(4)13-16/h9-11,13-14,17H,5-8,12H2,1-4H3,(H,20,23)(H,21,22). The zero-order valence-electron chi connectivity index (χ0n) is 14.8. The molecule has 0 aliphatic carbocycles. The molecule has 1 aromatic carbocycles. The van der Waals surface area contributed by atoms with Crippen molar-refractivity contribution >= 4 is 11.8 Å². The average Bonchev–Trinajstić information content (AvgIpc) is 2.51.